The highest BCUT2D eigenvalue weighted by Crippen LogP contribution is 2.28. The number of thioether (sulfide) groups is 2. The number of para-hydroxylation sites is 2. The monoisotopic (exact) mass is 1870 g/mol. The lowest BCUT2D eigenvalue weighted by atomic mass is 10.0. The van der Waals surface area contributed by atoms with Crippen molar-refractivity contribution >= 4 is 152 Å². The van der Waals surface area contributed by atoms with E-state index in [9.17, 15) is 58.2 Å². The maximum atomic E-state index is 15.7. The number of carbonyl (C=O) groups excluding carboxylic acids is 17. The number of phenols is 1. The Kier molecular flexibility index (Phi) is 40.0. The fourth-order valence-corrected chi connectivity index (χ4v) is 17.5. The van der Waals surface area contributed by atoms with Crippen molar-refractivity contribution in [3.05, 3.63) is 115 Å². The summed E-state index contributed by atoms with van der Waals surface area (Å²) in [6, 6.07) is -1.87. The minimum absolute atomic E-state index is 0.00505. The third kappa shape index (κ3) is 29.1. The van der Waals surface area contributed by atoms with Crippen LogP contribution >= 0.6 is 23.5 Å². The van der Waals surface area contributed by atoms with E-state index in [0.29, 0.717) is 51.3 Å². The van der Waals surface area contributed by atoms with Gasteiger partial charge in [-0.3, -0.25) is 86.9 Å². The number of guanidine groups is 1. The number of likely N-dealkylation sites (N-methyl/N-ethyl adjacent to an activating group) is 3. The Labute approximate surface area is 772 Å². The van der Waals surface area contributed by atoms with Crippen molar-refractivity contribution in [2.24, 2.45) is 28.9 Å². The van der Waals surface area contributed by atoms with E-state index in [1.54, 1.807) is 81.0 Å². The van der Waals surface area contributed by atoms with Crippen LogP contribution in [0.5, 0.6) is 5.75 Å². The van der Waals surface area contributed by atoms with Crippen molar-refractivity contribution < 1.29 is 91.7 Å². The van der Waals surface area contributed by atoms with Gasteiger partial charge in [0.05, 0.1) is 25.3 Å². The van der Waals surface area contributed by atoms with Crippen molar-refractivity contribution in [1.29, 1.82) is 5.41 Å². The molecule has 3 fully saturated rings. The third-order valence-corrected chi connectivity index (χ3v) is 24.9. The molecule has 132 heavy (non-hydrogen) atoms. The molecule has 17 amide bonds. The Morgan fingerprint density at radius 3 is 1.64 bits per heavy atom. The number of aromatic hydroxyl groups is 1. The number of phenolic OH excluding ortho intramolecular Hbond substituents is 1. The predicted molar refractivity (Wildman–Crippen MR) is 493 cm³/mol. The number of benzene rings is 3. The van der Waals surface area contributed by atoms with E-state index < -0.39 is 229 Å². The Bertz CT molecular complexity index is 4980. The van der Waals surface area contributed by atoms with Crippen LogP contribution in [0.2, 0.25) is 0 Å². The first-order valence-corrected chi connectivity index (χ1v) is 46.4. The molecule has 24 N–H and O–H groups in total. The molecule has 5 heterocycles. The number of nitrogens with two attached hydrogens (primary N) is 4. The average Bonchev–Trinajstić information content (AvgIpc) is 1.77. The zero-order chi connectivity index (χ0) is 96.7. The predicted octanol–water partition coefficient (Wildman–Crippen LogP) is -3.18. The van der Waals surface area contributed by atoms with Crippen LogP contribution in [0.1, 0.15) is 115 Å². The number of aliphatic hydroxyl groups excluding tert-OH is 1. The van der Waals surface area contributed by atoms with E-state index in [4.69, 9.17) is 28.3 Å². The van der Waals surface area contributed by atoms with E-state index in [0.717, 1.165) is 37.4 Å². The van der Waals surface area contributed by atoms with Crippen molar-refractivity contribution in [2.75, 3.05) is 84.0 Å². The van der Waals surface area contributed by atoms with Gasteiger partial charge in [0.15, 0.2) is 5.96 Å². The molecule has 0 aliphatic carbocycles. The van der Waals surface area contributed by atoms with Crippen LogP contribution in [0, 0.1) is 11.3 Å². The second-order valence-electron chi connectivity index (χ2n) is 33.4. The van der Waals surface area contributed by atoms with Crippen LogP contribution in [0.4, 0.5) is 0 Å². The second-order valence-corrected chi connectivity index (χ2v) is 35.4. The summed E-state index contributed by atoms with van der Waals surface area (Å²) in [5.74, 6) is -17.5. The number of rotatable bonds is 26. The normalized spacial score (nSPS) is 24.5. The van der Waals surface area contributed by atoms with E-state index in [1.807, 2.05) is 6.92 Å². The lowest BCUT2D eigenvalue weighted by molar-refractivity contribution is -0.149. The summed E-state index contributed by atoms with van der Waals surface area (Å²) in [5.41, 5.74) is 25.7. The van der Waals surface area contributed by atoms with E-state index in [2.05, 4.69) is 75.0 Å². The van der Waals surface area contributed by atoms with Gasteiger partial charge in [0.1, 0.15) is 90.3 Å². The number of unbranched alkanes of at least 4 members (excludes halogenated alkanes) is 1. The minimum Gasteiger partial charge on any atom is -0.508 e. The minimum atomic E-state index is -1.85. The summed E-state index contributed by atoms with van der Waals surface area (Å²) in [6.45, 7) is 6.65. The first-order valence-electron chi connectivity index (χ1n) is 43.9. The molecule has 1 unspecified atom stereocenters. The smallest absolute Gasteiger partial charge is 0.247 e. The highest BCUT2D eigenvalue weighted by atomic mass is 32.2. The Balaban J connectivity index is 1.19. The van der Waals surface area contributed by atoms with Gasteiger partial charge in [-0.05, 0) is 117 Å². The molecule has 2 aromatic heterocycles. The van der Waals surface area contributed by atoms with Gasteiger partial charge in [-0.15, -0.1) is 18.3 Å². The van der Waals surface area contributed by atoms with Gasteiger partial charge in [-0.1, -0.05) is 88.2 Å². The first kappa shape index (κ1) is 105. The molecule has 3 saturated heterocycles. The molecule has 3 aromatic carbocycles. The van der Waals surface area contributed by atoms with E-state index >= 15 is 33.6 Å². The zero-order valence-electron chi connectivity index (χ0n) is 75.2. The fraction of sp³-hybridized carbons (Fsp3) is 0.523. The topological polar surface area (TPSA) is 639 Å². The van der Waals surface area contributed by atoms with Crippen molar-refractivity contribution in [2.45, 2.75) is 202 Å². The van der Waals surface area contributed by atoms with Gasteiger partial charge >= 0.3 is 0 Å². The maximum Gasteiger partial charge on any atom is 0.247 e. The maximum absolute atomic E-state index is 15.7. The molecule has 718 valence electrons. The molecule has 0 saturated carbocycles. The van der Waals surface area contributed by atoms with Crippen molar-refractivity contribution in [3.63, 3.8) is 0 Å². The zero-order valence-corrected chi connectivity index (χ0v) is 76.8. The van der Waals surface area contributed by atoms with Gasteiger partial charge in [0, 0.05) is 107 Å². The van der Waals surface area contributed by atoms with Crippen LogP contribution in [0.3, 0.4) is 0 Å². The summed E-state index contributed by atoms with van der Waals surface area (Å²) < 4.78 is 0. The van der Waals surface area contributed by atoms with Crippen LogP contribution < -0.4 is 81.4 Å². The molecule has 0 spiro atoms. The number of fused-ring (bicyclic) bond motifs is 4. The number of carbonyl (C=O) groups is 17. The van der Waals surface area contributed by atoms with Gasteiger partial charge in [-0.2, -0.15) is 11.8 Å². The number of aromatic nitrogens is 2. The number of hydrogen-bond acceptors (Lipinski definition) is 23. The highest BCUT2D eigenvalue weighted by molar-refractivity contribution is 8.00. The second kappa shape index (κ2) is 50.5. The summed E-state index contributed by atoms with van der Waals surface area (Å²) in [7, 11) is 3.87. The molecule has 5 aromatic rings. The number of aromatic amines is 2. The first-order chi connectivity index (χ1) is 62.9. The third-order valence-electron chi connectivity index (χ3n) is 23.3. The summed E-state index contributed by atoms with van der Waals surface area (Å²) in [5, 5.41) is 59.4. The van der Waals surface area contributed by atoms with Crippen molar-refractivity contribution in [3.8, 4) is 5.75 Å². The largest absolute Gasteiger partial charge is 0.508 e. The van der Waals surface area contributed by atoms with Gasteiger partial charge in [0.2, 0.25) is 100 Å². The summed E-state index contributed by atoms with van der Waals surface area (Å²) in [4.78, 5) is 261. The molecule has 3 aliphatic rings. The number of aliphatic hydroxyl groups is 1. The average molecular weight is 1870 g/mol. The van der Waals surface area contributed by atoms with Crippen LogP contribution in [-0.4, -0.2) is 320 Å². The highest BCUT2D eigenvalue weighted by Gasteiger charge is 2.46. The SMILES string of the molecule is C=C[C@H]1C(=O)N[C@@H](CC(N)=O)C(=O)N2CCC[C@H]2C(=O)N[C@@H](CN)C(=O)N[C@@H](CC(C)C)C(=O)N2CCC[C@H]2C(=O)N[C@@H](Cc2c[nH]c3ccccc23)C(=O)N[C@@H](CO)C(=O)N[C@@H](Cc2c[nH]c3ccccc23)C(=O)N(C)[C@@H](CCCC)C(=O)N(C)[C@@H](CCSC)C(=O)N[C@@H](CCCNC(=N)N)C(=O)NC(C(=O)NCC(N)=O)CSCC(=O)N[C@@H](Cc2ccc(O)cc2)C(=O)N1C. The van der Waals surface area contributed by atoms with Gasteiger partial charge in [-0.25, -0.2) is 0 Å². The molecule has 3 aliphatic heterocycles. The Morgan fingerprint density at radius 2 is 1.08 bits per heavy atom. The Hall–Kier alpha value is -12.8. The number of primary amides is 2. The van der Waals surface area contributed by atoms with Crippen LogP contribution in [0.25, 0.3) is 21.8 Å². The number of hydrogen-bond donors (Lipinski definition) is 20. The standard InChI is InChI=1S/C88H125N23O19S2/c1-9-11-24-70-87(130)108(6)67(31-35-131-8)80(123)99-57(23-16-32-94-88(92)93)75(118)106-65(74(117)97-44-72(91)115)46-132-47-73(116)98-60(37-49-27-29-52(113)30-28-49)83(126)107(5)66(10-2)79(122)103-62(40-71(90)114)86(129)111-34-18-26-69(111)82(125)104-63(41-89)77(120)101-59(36-48(3)4)85(128)110-33-17-25-68(110)81(124)100-58(38-50-42-95-55-21-14-12-19-53(50)55)76(119)105-64(45-112)78(121)102-61(84(127)109(70)7)39-51-43-96-56-22-15-13-20-54(51)56/h10,12-15,19-22,27-30,42-43,48,57-70,95-96,112-113H,2,9,11,16-18,23-26,31-41,44-47,89H2,1,3-8H3,(H2,90,114)(H2,91,115)(H,97,117)(H,98,116)(H,99,123)(H,100,124)(H,101,120)(H,102,121)(H,103,122)(H,104,125)(H,105,119)(H,106,118)(H4,92,93,94)/t57-,58-,59-,60-,61-,62-,63-,64-,65?,66-,67-,68-,69-,70-/m0/s1. The molecule has 0 radical (unpaired) electrons. The number of amides is 17. The molecule has 44 heteroatoms. The van der Waals surface area contributed by atoms with Crippen LogP contribution in [0.15, 0.2) is 97.8 Å². The Morgan fingerprint density at radius 1 is 0.568 bits per heavy atom. The number of H-pyrrole nitrogens is 2. The van der Waals surface area contributed by atoms with Gasteiger partial charge < -0.3 is 126 Å². The fourth-order valence-electron chi connectivity index (χ4n) is 16.2. The lowest BCUT2D eigenvalue weighted by Crippen LogP contribution is -2.62. The molecular weight excluding hydrogens is 1750 g/mol. The van der Waals surface area contributed by atoms with E-state index in [1.165, 1.54) is 62.1 Å². The summed E-state index contributed by atoms with van der Waals surface area (Å²) >= 11 is 2.07. The molecule has 0 bridgehead atoms. The molecular formula is C88H125N23O19S2. The molecule has 14 atom stereocenters. The number of nitrogens with zero attached hydrogens (tertiary/aromatic N) is 5. The lowest BCUT2D eigenvalue weighted by Gasteiger charge is -2.36. The van der Waals surface area contributed by atoms with E-state index in [-0.39, 0.29) is 114 Å². The van der Waals surface area contributed by atoms with Crippen molar-refractivity contribution in [1.82, 2.24) is 93.0 Å². The molecule has 42 nitrogen and oxygen atoms in total. The molecule has 8 rings (SSSR count). The van der Waals surface area contributed by atoms with Gasteiger partial charge in [0.25, 0.3) is 0 Å². The summed E-state index contributed by atoms with van der Waals surface area (Å²) in [6.07, 6.45) is 5.49. The quantitative estimate of drug-likeness (QED) is 0.0112. The number of nitrogens with one attached hydrogen (secondary N) is 14. The van der Waals surface area contributed by atoms with Crippen LogP contribution in [-0.2, 0) is 101 Å².